The van der Waals surface area contributed by atoms with Crippen molar-refractivity contribution in [3.63, 3.8) is 0 Å². The second-order valence-electron chi connectivity index (χ2n) is 3.69. The van der Waals surface area contributed by atoms with Crippen LogP contribution in [0.4, 0.5) is 5.69 Å². The molecule has 0 saturated carbocycles. The minimum atomic E-state index is -0.0794. The predicted molar refractivity (Wildman–Crippen MR) is 77.1 cm³/mol. The maximum Gasteiger partial charge on any atom is 0.225 e. The molecule has 0 heterocycles. The first-order chi connectivity index (χ1) is 9.12. The van der Waals surface area contributed by atoms with Crippen LogP contribution in [-0.2, 0) is 4.79 Å². The summed E-state index contributed by atoms with van der Waals surface area (Å²) in [6.07, 6.45) is 2.38. The highest BCUT2D eigenvalue weighted by atomic mass is 32.2. The second-order valence-corrected chi connectivity index (χ2v) is 4.68. The number of nitrogens with zero attached hydrogens (tertiary/aromatic N) is 1. The topological polar surface area (TPSA) is 96.9 Å². The fourth-order valence-corrected chi connectivity index (χ4v) is 1.81. The van der Waals surface area contributed by atoms with E-state index in [2.05, 4.69) is 10.5 Å². The van der Waals surface area contributed by atoms with Crippen LogP contribution in [-0.4, -0.2) is 36.1 Å². The van der Waals surface area contributed by atoms with Gasteiger partial charge in [-0.3, -0.25) is 4.79 Å². The smallest absolute Gasteiger partial charge is 0.225 e. The van der Waals surface area contributed by atoms with E-state index < -0.39 is 0 Å². The fourth-order valence-electron chi connectivity index (χ4n) is 1.42. The van der Waals surface area contributed by atoms with Crippen LogP contribution in [0.5, 0.6) is 5.75 Å². The average molecular weight is 283 g/mol. The third kappa shape index (κ3) is 4.36. The molecule has 104 valence electrons. The number of oxime groups is 1. The van der Waals surface area contributed by atoms with E-state index >= 15 is 0 Å². The molecular formula is C12H17N3O3S. The van der Waals surface area contributed by atoms with Crippen molar-refractivity contribution in [2.75, 3.05) is 24.4 Å². The Kier molecular flexibility index (Phi) is 6.01. The van der Waals surface area contributed by atoms with Gasteiger partial charge in [0, 0.05) is 17.7 Å². The van der Waals surface area contributed by atoms with Crippen molar-refractivity contribution in [3.05, 3.63) is 23.8 Å². The maximum absolute atomic E-state index is 11.6. The molecule has 0 radical (unpaired) electrons. The summed E-state index contributed by atoms with van der Waals surface area (Å²) >= 11 is 1.61. The zero-order valence-corrected chi connectivity index (χ0v) is 11.7. The molecule has 7 heteroatoms. The number of hydrogen-bond acceptors (Lipinski definition) is 5. The minimum Gasteiger partial charge on any atom is -0.495 e. The first-order valence-corrected chi connectivity index (χ1v) is 6.96. The van der Waals surface area contributed by atoms with Crippen LogP contribution in [0, 0.1) is 0 Å². The number of amides is 1. The number of anilines is 1. The monoisotopic (exact) mass is 283 g/mol. The van der Waals surface area contributed by atoms with E-state index in [-0.39, 0.29) is 11.7 Å². The molecule has 0 unspecified atom stereocenters. The molecule has 0 aliphatic heterocycles. The van der Waals surface area contributed by atoms with Crippen LogP contribution in [0.1, 0.15) is 12.0 Å². The lowest BCUT2D eigenvalue weighted by atomic mass is 10.1. The number of amidine groups is 1. The Morgan fingerprint density at radius 2 is 2.32 bits per heavy atom. The van der Waals surface area contributed by atoms with Crippen LogP contribution in [0.2, 0.25) is 0 Å². The van der Waals surface area contributed by atoms with Gasteiger partial charge in [-0.25, -0.2) is 0 Å². The molecule has 0 fully saturated rings. The van der Waals surface area contributed by atoms with Crippen molar-refractivity contribution in [2.45, 2.75) is 6.42 Å². The Bertz CT molecular complexity index is 477. The lowest BCUT2D eigenvalue weighted by molar-refractivity contribution is -0.115. The summed E-state index contributed by atoms with van der Waals surface area (Å²) in [5, 5.41) is 14.3. The van der Waals surface area contributed by atoms with Gasteiger partial charge >= 0.3 is 0 Å². The molecule has 0 saturated heterocycles. The molecule has 0 aromatic heterocycles. The van der Waals surface area contributed by atoms with Crippen molar-refractivity contribution in [2.24, 2.45) is 10.9 Å². The van der Waals surface area contributed by atoms with Gasteiger partial charge in [-0.15, -0.1) is 0 Å². The third-order valence-electron chi connectivity index (χ3n) is 2.41. The van der Waals surface area contributed by atoms with Gasteiger partial charge in [0.2, 0.25) is 5.91 Å². The van der Waals surface area contributed by atoms with Crippen molar-refractivity contribution in [1.29, 1.82) is 0 Å². The molecule has 0 atom stereocenters. The molecule has 0 aliphatic carbocycles. The highest BCUT2D eigenvalue weighted by Gasteiger charge is 2.09. The van der Waals surface area contributed by atoms with Crippen molar-refractivity contribution < 1.29 is 14.7 Å². The number of carbonyl (C=O) groups is 1. The van der Waals surface area contributed by atoms with Gasteiger partial charge in [-0.1, -0.05) is 5.16 Å². The predicted octanol–water partition coefficient (Wildman–Crippen LogP) is 1.48. The Balaban J connectivity index is 2.87. The summed E-state index contributed by atoms with van der Waals surface area (Å²) in [6, 6.07) is 4.89. The molecule has 0 bridgehead atoms. The number of benzene rings is 1. The van der Waals surface area contributed by atoms with Crippen LogP contribution < -0.4 is 15.8 Å². The summed E-state index contributed by atoms with van der Waals surface area (Å²) in [5.41, 5.74) is 6.56. The van der Waals surface area contributed by atoms with Crippen molar-refractivity contribution in [3.8, 4) is 5.75 Å². The average Bonchev–Trinajstić information content (AvgIpc) is 2.44. The number of carbonyl (C=O) groups excluding carboxylic acids is 1. The summed E-state index contributed by atoms with van der Waals surface area (Å²) in [7, 11) is 1.49. The first kappa shape index (κ1) is 15.2. The Morgan fingerprint density at radius 1 is 1.58 bits per heavy atom. The highest BCUT2D eigenvalue weighted by Crippen LogP contribution is 2.25. The minimum absolute atomic E-state index is 0.0152. The number of thioether (sulfide) groups is 1. The molecule has 1 amide bonds. The lowest BCUT2D eigenvalue weighted by Crippen LogP contribution is -2.15. The number of nitrogens with one attached hydrogen (secondary N) is 1. The van der Waals surface area contributed by atoms with Crippen LogP contribution in [0.3, 0.4) is 0 Å². The van der Waals surface area contributed by atoms with Crippen LogP contribution in [0.25, 0.3) is 0 Å². The molecular weight excluding hydrogens is 266 g/mol. The van der Waals surface area contributed by atoms with Gasteiger partial charge in [0.1, 0.15) is 5.75 Å². The van der Waals surface area contributed by atoms with Crippen LogP contribution in [0.15, 0.2) is 23.4 Å². The summed E-state index contributed by atoms with van der Waals surface area (Å²) in [6.45, 7) is 0. The third-order valence-corrected chi connectivity index (χ3v) is 3.02. The SMILES string of the molecule is COc1cc(/C(N)=N/O)ccc1NC(=O)CCSC. The number of methoxy groups -OCH3 is 1. The standard InChI is InChI=1S/C12H17N3O3S/c1-18-10-7-8(12(13)15-17)3-4-9(10)14-11(16)5-6-19-2/h3-4,7,17H,5-6H2,1-2H3,(H2,13,15)(H,14,16). The molecule has 1 aromatic carbocycles. The molecule has 6 nitrogen and oxygen atoms in total. The number of rotatable bonds is 6. The summed E-state index contributed by atoms with van der Waals surface area (Å²) in [4.78, 5) is 11.6. The van der Waals surface area contributed by atoms with E-state index in [1.54, 1.807) is 30.0 Å². The van der Waals surface area contributed by atoms with E-state index in [9.17, 15) is 4.79 Å². The quantitative estimate of drug-likeness (QED) is 0.318. The summed E-state index contributed by atoms with van der Waals surface area (Å²) < 4.78 is 5.17. The Morgan fingerprint density at radius 3 is 2.89 bits per heavy atom. The molecule has 0 spiro atoms. The molecule has 0 aliphatic rings. The second kappa shape index (κ2) is 7.52. The molecule has 19 heavy (non-hydrogen) atoms. The Labute approximate surface area is 116 Å². The van der Waals surface area contributed by atoms with Gasteiger partial charge in [0.25, 0.3) is 0 Å². The van der Waals surface area contributed by atoms with Crippen molar-refractivity contribution >= 4 is 29.2 Å². The van der Waals surface area contributed by atoms with E-state index in [0.717, 1.165) is 5.75 Å². The number of hydrogen-bond donors (Lipinski definition) is 3. The van der Waals surface area contributed by atoms with Crippen LogP contribution >= 0.6 is 11.8 Å². The van der Waals surface area contributed by atoms with E-state index in [1.165, 1.54) is 7.11 Å². The molecule has 4 N–H and O–H groups in total. The van der Waals surface area contributed by atoms with E-state index in [0.29, 0.717) is 23.4 Å². The normalized spacial score (nSPS) is 11.2. The number of nitrogens with two attached hydrogens (primary N) is 1. The van der Waals surface area contributed by atoms with Gasteiger partial charge in [0.05, 0.1) is 12.8 Å². The maximum atomic E-state index is 11.6. The fraction of sp³-hybridized carbons (Fsp3) is 0.333. The summed E-state index contributed by atoms with van der Waals surface area (Å²) in [5.74, 6) is 1.13. The van der Waals surface area contributed by atoms with Gasteiger partial charge < -0.3 is 21.0 Å². The van der Waals surface area contributed by atoms with Gasteiger partial charge in [0.15, 0.2) is 5.84 Å². The van der Waals surface area contributed by atoms with Crippen molar-refractivity contribution in [1.82, 2.24) is 0 Å². The zero-order chi connectivity index (χ0) is 14.3. The Hall–Kier alpha value is -1.89. The molecule has 1 aromatic rings. The van der Waals surface area contributed by atoms with Gasteiger partial charge in [-0.05, 0) is 24.5 Å². The highest BCUT2D eigenvalue weighted by molar-refractivity contribution is 7.98. The van der Waals surface area contributed by atoms with E-state index in [1.807, 2.05) is 6.26 Å². The largest absolute Gasteiger partial charge is 0.495 e. The lowest BCUT2D eigenvalue weighted by Gasteiger charge is -2.11. The zero-order valence-electron chi connectivity index (χ0n) is 10.8. The van der Waals surface area contributed by atoms with E-state index in [4.69, 9.17) is 15.7 Å². The molecule has 1 rings (SSSR count). The van der Waals surface area contributed by atoms with Gasteiger partial charge in [-0.2, -0.15) is 11.8 Å². The number of ether oxygens (including phenoxy) is 1. The first-order valence-electron chi connectivity index (χ1n) is 5.57.